The minimum absolute atomic E-state index is 0.171. The van der Waals surface area contributed by atoms with Crippen LogP contribution in [0, 0.1) is 13.8 Å². The average Bonchev–Trinajstić information content (AvgIpc) is 2.73. The Labute approximate surface area is 175 Å². The van der Waals surface area contributed by atoms with E-state index in [1.165, 1.54) is 39.2 Å². The minimum Gasteiger partial charge on any atom is -0.497 e. The van der Waals surface area contributed by atoms with Crippen molar-refractivity contribution in [1.82, 2.24) is 0 Å². The zero-order valence-electron chi connectivity index (χ0n) is 18.2. The molecule has 3 rings (SSSR count). The van der Waals surface area contributed by atoms with Crippen LogP contribution in [-0.2, 0) is 0 Å². The highest BCUT2D eigenvalue weighted by Crippen LogP contribution is 2.36. The molecule has 0 bridgehead atoms. The first kappa shape index (κ1) is 20.8. The van der Waals surface area contributed by atoms with Crippen LogP contribution in [-0.4, -0.2) is 20.2 Å². The highest BCUT2D eigenvalue weighted by atomic mass is 16.5. The van der Waals surface area contributed by atoms with Gasteiger partial charge in [-0.15, -0.1) is 0 Å². The lowest BCUT2D eigenvalue weighted by molar-refractivity contribution is 0.414. The molecule has 152 valence electrons. The monoisotopic (exact) mass is 388 g/mol. The van der Waals surface area contributed by atoms with Gasteiger partial charge in [-0.05, 0) is 79.8 Å². The van der Waals surface area contributed by atoms with Crippen molar-refractivity contribution in [3.8, 4) is 5.75 Å². The van der Waals surface area contributed by atoms with Crippen molar-refractivity contribution < 1.29 is 4.74 Å². The first-order valence-corrected chi connectivity index (χ1v) is 10.4. The van der Waals surface area contributed by atoms with Gasteiger partial charge in [0.2, 0.25) is 0 Å². The molecule has 0 aliphatic heterocycles. The summed E-state index contributed by atoms with van der Waals surface area (Å²) in [5.41, 5.74) is 8.78. The van der Waals surface area contributed by atoms with Crippen molar-refractivity contribution in [2.75, 3.05) is 30.8 Å². The van der Waals surface area contributed by atoms with Gasteiger partial charge in [0, 0.05) is 30.4 Å². The predicted octanol–water partition coefficient (Wildman–Crippen LogP) is 6.36. The van der Waals surface area contributed by atoms with Crippen LogP contribution in [0.4, 0.5) is 11.4 Å². The van der Waals surface area contributed by atoms with Crippen LogP contribution >= 0.6 is 0 Å². The molecule has 0 saturated carbocycles. The van der Waals surface area contributed by atoms with Crippen LogP contribution in [0.2, 0.25) is 0 Å². The van der Waals surface area contributed by atoms with E-state index in [0.717, 1.165) is 18.8 Å². The number of benzene rings is 3. The lowest BCUT2D eigenvalue weighted by atomic mass is 9.83. The van der Waals surface area contributed by atoms with Crippen molar-refractivity contribution in [2.24, 2.45) is 0 Å². The largest absolute Gasteiger partial charge is 0.497 e. The number of methoxy groups -OCH3 is 1. The van der Waals surface area contributed by atoms with Gasteiger partial charge in [-0.1, -0.05) is 36.4 Å². The van der Waals surface area contributed by atoms with Gasteiger partial charge in [-0.3, -0.25) is 0 Å². The summed E-state index contributed by atoms with van der Waals surface area (Å²) >= 11 is 0. The van der Waals surface area contributed by atoms with Crippen LogP contribution in [0.1, 0.15) is 47.6 Å². The summed E-state index contributed by atoms with van der Waals surface area (Å²) in [6, 6.07) is 21.9. The van der Waals surface area contributed by atoms with Crippen LogP contribution in [0.25, 0.3) is 0 Å². The first-order valence-electron chi connectivity index (χ1n) is 10.4. The molecule has 3 aromatic carbocycles. The number of hydrogen-bond donors (Lipinski definition) is 2. The maximum absolute atomic E-state index is 5.37. The third-order valence-electron chi connectivity index (χ3n) is 5.35. The Kier molecular flexibility index (Phi) is 6.82. The van der Waals surface area contributed by atoms with Crippen molar-refractivity contribution in [3.05, 3.63) is 88.5 Å². The normalized spacial score (nSPS) is 10.8. The predicted molar refractivity (Wildman–Crippen MR) is 125 cm³/mol. The molecule has 0 saturated heterocycles. The molecule has 3 aromatic rings. The van der Waals surface area contributed by atoms with E-state index in [2.05, 4.69) is 86.9 Å². The lowest BCUT2D eigenvalue weighted by Crippen LogP contribution is -2.07. The van der Waals surface area contributed by atoms with Crippen LogP contribution in [0.15, 0.2) is 60.7 Å². The summed E-state index contributed by atoms with van der Waals surface area (Å²) in [7, 11) is 1.71. The highest BCUT2D eigenvalue weighted by molar-refractivity contribution is 5.58. The molecule has 3 heteroatoms. The Bertz CT molecular complexity index is 892. The van der Waals surface area contributed by atoms with Gasteiger partial charge in [0.05, 0.1) is 7.11 Å². The van der Waals surface area contributed by atoms with Gasteiger partial charge in [0.25, 0.3) is 0 Å². The smallest absolute Gasteiger partial charge is 0.118 e. The van der Waals surface area contributed by atoms with E-state index in [1.807, 2.05) is 12.1 Å². The molecule has 29 heavy (non-hydrogen) atoms. The molecule has 0 fully saturated rings. The Hall–Kier alpha value is -2.94. The van der Waals surface area contributed by atoms with E-state index in [9.17, 15) is 0 Å². The number of anilines is 2. The summed E-state index contributed by atoms with van der Waals surface area (Å²) in [6.45, 7) is 10.4. The zero-order valence-corrected chi connectivity index (χ0v) is 18.2. The Morgan fingerprint density at radius 2 is 1.14 bits per heavy atom. The van der Waals surface area contributed by atoms with Crippen molar-refractivity contribution in [1.29, 1.82) is 0 Å². The fourth-order valence-electron chi connectivity index (χ4n) is 3.88. The van der Waals surface area contributed by atoms with E-state index in [-0.39, 0.29) is 5.92 Å². The number of ether oxygens (including phenoxy) is 1. The third-order valence-corrected chi connectivity index (χ3v) is 5.35. The van der Waals surface area contributed by atoms with Gasteiger partial charge >= 0.3 is 0 Å². The molecule has 0 radical (unpaired) electrons. The van der Waals surface area contributed by atoms with Crippen LogP contribution < -0.4 is 15.4 Å². The summed E-state index contributed by atoms with van der Waals surface area (Å²) in [6.07, 6.45) is 0. The van der Waals surface area contributed by atoms with E-state index >= 15 is 0 Å². The van der Waals surface area contributed by atoms with Gasteiger partial charge in [0.1, 0.15) is 5.75 Å². The summed E-state index contributed by atoms with van der Waals surface area (Å²) in [4.78, 5) is 0. The fourth-order valence-corrected chi connectivity index (χ4v) is 3.88. The molecule has 0 heterocycles. The van der Waals surface area contributed by atoms with Gasteiger partial charge < -0.3 is 15.4 Å². The Balaban J connectivity index is 2.09. The number of hydrogen-bond acceptors (Lipinski definition) is 3. The molecule has 0 atom stereocenters. The standard InChI is InChI=1S/C26H32N2O/c1-6-27-24-14-10-21(16-18(24)3)26(20-8-12-23(29-5)13-9-20)22-11-15-25(28-7-2)19(4)17-22/h8-17,26-28H,6-7H2,1-5H3. The van der Waals surface area contributed by atoms with E-state index < -0.39 is 0 Å². The topological polar surface area (TPSA) is 33.3 Å². The SMILES string of the molecule is CCNc1ccc(C(c2ccc(OC)cc2)c2ccc(NCC)c(C)c2)cc1C. The molecule has 0 spiro atoms. The summed E-state index contributed by atoms with van der Waals surface area (Å²) < 4.78 is 5.37. The Morgan fingerprint density at radius 3 is 1.52 bits per heavy atom. The molecular weight excluding hydrogens is 356 g/mol. The molecule has 0 aliphatic rings. The Morgan fingerprint density at radius 1 is 0.690 bits per heavy atom. The van der Waals surface area contributed by atoms with E-state index in [1.54, 1.807) is 7.11 Å². The van der Waals surface area contributed by atoms with Crippen molar-refractivity contribution in [3.63, 3.8) is 0 Å². The quantitative estimate of drug-likeness (QED) is 0.441. The van der Waals surface area contributed by atoms with Gasteiger partial charge in [-0.2, -0.15) is 0 Å². The molecule has 0 unspecified atom stereocenters. The maximum Gasteiger partial charge on any atom is 0.118 e. The second-order valence-corrected chi connectivity index (χ2v) is 7.42. The van der Waals surface area contributed by atoms with Crippen LogP contribution in [0.3, 0.4) is 0 Å². The average molecular weight is 389 g/mol. The number of nitrogens with one attached hydrogen (secondary N) is 2. The maximum atomic E-state index is 5.37. The number of rotatable bonds is 8. The molecule has 0 aliphatic carbocycles. The highest BCUT2D eigenvalue weighted by Gasteiger charge is 2.18. The van der Waals surface area contributed by atoms with E-state index in [0.29, 0.717) is 0 Å². The summed E-state index contributed by atoms with van der Waals surface area (Å²) in [5, 5.41) is 6.88. The van der Waals surface area contributed by atoms with Crippen molar-refractivity contribution in [2.45, 2.75) is 33.6 Å². The second kappa shape index (κ2) is 9.51. The molecule has 2 N–H and O–H groups in total. The van der Waals surface area contributed by atoms with Crippen LogP contribution in [0.5, 0.6) is 5.75 Å². The molecular formula is C26H32N2O. The fraction of sp³-hybridized carbons (Fsp3) is 0.308. The molecule has 0 amide bonds. The summed E-state index contributed by atoms with van der Waals surface area (Å²) in [5.74, 6) is 1.05. The number of aryl methyl sites for hydroxylation is 2. The zero-order chi connectivity index (χ0) is 20.8. The molecule has 3 nitrogen and oxygen atoms in total. The third kappa shape index (κ3) is 4.73. The van der Waals surface area contributed by atoms with Gasteiger partial charge in [-0.25, -0.2) is 0 Å². The van der Waals surface area contributed by atoms with E-state index in [4.69, 9.17) is 4.74 Å². The van der Waals surface area contributed by atoms with Crippen molar-refractivity contribution >= 4 is 11.4 Å². The lowest BCUT2D eigenvalue weighted by Gasteiger charge is -2.22. The second-order valence-electron chi connectivity index (χ2n) is 7.42. The van der Waals surface area contributed by atoms with Gasteiger partial charge in [0.15, 0.2) is 0 Å². The minimum atomic E-state index is 0.171. The first-order chi connectivity index (χ1) is 14.1. The molecule has 0 aromatic heterocycles.